The second-order valence-corrected chi connectivity index (χ2v) is 6.76. The van der Waals surface area contributed by atoms with Crippen molar-refractivity contribution in [2.45, 2.75) is 6.61 Å². The molecule has 0 amide bonds. The van der Waals surface area contributed by atoms with Crippen LogP contribution in [0, 0.1) is 0 Å². The summed E-state index contributed by atoms with van der Waals surface area (Å²) in [6.45, 7) is 2.76. The van der Waals surface area contributed by atoms with E-state index in [1.165, 1.54) is 0 Å². The molecule has 0 spiro atoms. The van der Waals surface area contributed by atoms with Gasteiger partial charge < -0.3 is 19.3 Å². The molecular weight excluding hydrogens is 352 g/mol. The topological polar surface area (TPSA) is 56.9 Å². The zero-order valence-corrected chi connectivity index (χ0v) is 14.9. The lowest BCUT2D eigenvalue weighted by atomic mass is 10.1. The van der Waals surface area contributed by atoms with Crippen molar-refractivity contribution in [3.05, 3.63) is 69.5 Å². The number of hydrogen-bond acceptors (Lipinski definition) is 5. The van der Waals surface area contributed by atoms with Crippen LogP contribution in [0.4, 0.5) is 11.4 Å². The monoisotopic (exact) mass is 370 g/mol. The molecule has 26 heavy (non-hydrogen) atoms. The van der Waals surface area contributed by atoms with Gasteiger partial charge in [0.2, 0.25) is 0 Å². The SMILES string of the molecule is O=c1oc2ccccc2c(N2CCN(c3cccc(Cl)c3)CC2)c1CO. The van der Waals surface area contributed by atoms with Gasteiger partial charge in [-0.05, 0) is 30.3 Å². The number of anilines is 2. The van der Waals surface area contributed by atoms with E-state index in [-0.39, 0.29) is 6.61 Å². The van der Waals surface area contributed by atoms with Crippen molar-refractivity contribution in [2.24, 2.45) is 0 Å². The lowest BCUT2D eigenvalue weighted by Gasteiger charge is -2.38. The highest BCUT2D eigenvalue weighted by Crippen LogP contribution is 2.30. The molecule has 1 aliphatic rings. The number of nitrogens with zero attached hydrogens (tertiary/aromatic N) is 2. The van der Waals surface area contributed by atoms with E-state index < -0.39 is 5.63 Å². The minimum Gasteiger partial charge on any atom is -0.422 e. The van der Waals surface area contributed by atoms with Gasteiger partial charge in [-0.2, -0.15) is 0 Å². The standard InChI is InChI=1S/C20H19ClN2O3/c21-14-4-3-5-15(12-14)22-8-10-23(11-9-22)19-16-6-1-2-7-18(16)26-20(25)17(19)13-24/h1-7,12,24H,8-11,13H2. The van der Waals surface area contributed by atoms with E-state index in [2.05, 4.69) is 9.80 Å². The Balaban J connectivity index is 1.66. The number of benzene rings is 2. The fraction of sp³-hybridized carbons (Fsp3) is 0.250. The van der Waals surface area contributed by atoms with E-state index >= 15 is 0 Å². The van der Waals surface area contributed by atoms with E-state index in [1.807, 2.05) is 42.5 Å². The Hall–Kier alpha value is -2.50. The Morgan fingerprint density at radius 1 is 1.00 bits per heavy atom. The van der Waals surface area contributed by atoms with Crippen LogP contribution in [-0.4, -0.2) is 31.3 Å². The maximum absolute atomic E-state index is 12.3. The fourth-order valence-electron chi connectivity index (χ4n) is 3.53. The van der Waals surface area contributed by atoms with Gasteiger partial charge in [0, 0.05) is 42.3 Å². The molecule has 1 aromatic heterocycles. The number of para-hydroxylation sites is 1. The lowest BCUT2D eigenvalue weighted by molar-refractivity contribution is 0.276. The summed E-state index contributed by atoms with van der Waals surface area (Å²) in [6, 6.07) is 15.3. The molecule has 0 radical (unpaired) electrons. The second-order valence-electron chi connectivity index (χ2n) is 6.32. The normalized spacial score (nSPS) is 14.8. The van der Waals surface area contributed by atoms with E-state index in [4.69, 9.17) is 16.0 Å². The zero-order valence-electron chi connectivity index (χ0n) is 14.2. The van der Waals surface area contributed by atoms with Crippen LogP contribution >= 0.6 is 11.6 Å². The van der Waals surface area contributed by atoms with Crippen LogP contribution in [-0.2, 0) is 6.61 Å². The van der Waals surface area contributed by atoms with Gasteiger partial charge in [0.25, 0.3) is 0 Å². The molecule has 2 heterocycles. The molecule has 3 aromatic rings. The zero-order chi connectivity index (χ0) is 18.1. The van der Waals surface area contributed by atoms with E-state index in [9.17, 15) is 9.90 Å². The predicted molar refractivity (Wildman–Crippen MR) is 104 cm³/mol. The van der Waals surface area contributed by atoms with Crippen LogP contribution in [0.1, 0.15) is 5.56 Å². The second kappa shape index (κ2) is 7.02. The first-order valence-electron chi connectivity index (χ1n) is 8.58. The number of piperazine rings is 1. The van der Waals surface area contributed by atoms with Gasteiger partial charge in [0.15, 0.2) is 0 Å². The van der Waals surface area contributed by atoms with Crippen molar-refractivity contribution in [3.8, 4) is 0 Å². The molecule has 1 saturated heterocycles. The third kappa shape index (κ3) is 3.04. The highest BCUT2D eigenvalue weighted by Gasteiger charge is 2.23. The van der Waals surface area contributed by atoms with Crippen molar-refractivity contribution in [1.29, 1.82) is 0 Å². The molecule has 6 heteroatoms. The minimum atomic E-state index is -0.474. The molecule has 1 N–H and O–H groups in total. The first-order chi connectivity index (χ1) is 12.7. The molecule has 0 aliphatic carbocycles. The molecule has 1 fully saturated rings. The molecular formula is C20H19ClN2O3. The molecule has 0 bridgehead atoms. The van der Waals surface area contributed by atoms with Crippen LogP contribution in [0.25, 0.3) is 11.0 Å². The molecule has 0 unspecified atom stereocenters. The summed E-state index contributed by atoms with van der Waals surface area (Å²) < 4.78 is 5.35. The molecule has 0 atom stereocenters. The summed E-state index contributed by atoms with van der Waals surface area (Å²) in [5.74, 6) is 0. The van der Waals surface area contributed by atoms with Crippen molar-refractivity contribution in [2.75, 3.05) is 36.0 Å². The number of halogens is 1. The highest BCUT2D eigenvalue weighted by atomic mass is 35.5. The van der Waals surface area contributed by atoms with Gasteiger partial charge in [-0.15, -0.1) is 0 Å². The lowest BCUT2D eigenvalue weighted by Crippen LogP contribution is -2.47. The Morgan fingerprint density at radius 3 is 2.46 bits per heavy atom. The summed E-state index contributed by atoms with van der Waals surface area (Å²) in [4.78, 5) is 16.7. The molecule has 0 saturated carbocycles. The number of aliphatic hydroxyl groups excluding tert-OH is 1. The van der Waals surface area contributed by atoms with Gasteiger partial charge in [0.1, 0.15) is 5.58 Å². The highest BCUT2D eigenvalue weighted by molar-refractivity contribution is 6.30. The van der Waals surface area contributed by atoms with Crippen LogP contribution in [0.15, 0.2) is 57.7 Å². The average molecular weight is 371 g/mol. The van der Waals surface area contributed by atoms with Gasteiger partial charge in [-0.1, -0.05) is 29.8 Å². The van der Waals surface area contributed by atoms with Crippen molar-refractivity contribution < 1.29 is 9.52 Å². The third-order valence-corrected chi connectivity index (χ3v) is 5.04. The molecule has 5 nitrogen and oxygen atoms in total. The number of hydrogen-bond donors (Lipinski definition) is 1. The van der Waals surface area contributed by atoms with E-state index in [0.717, 1.165) is 48.0 Å². The first-order valence-corrected chi connectivity index (χ1v) is 8.96. The molecule has 4 rings (SSSR count). The number of fused-ring (bicyclic) bond motifs is 1. The Morgan fingerprint density at radius 2 is 1.73 bits per heavy atom. The van der Waals surface area contributed by atoms with Gasteiger partial charge in [0.05, 0.1) is 17.9 Å². The van der Waals surface area contributed by atoms with Gasteiger partial charge in [-0.25, -0.2) is 4.79 Å². The summed E-state index contributed by atoms with van der Waals surface area (Å²) >= 11 is 6.10. The largest absolute Gasteiger partial charge is 0.422 e. The Bertz CT molecular complexity index is 994. The van der Waals surface area contributed by atoms with Crippen LogP contribution in [0.5, 0.6) is 0 Å². The first kappa shape index (κ1) is 16.9. The molecule has 134 valence electrons. The van der Waals surface area contributed by atoms with Crippen LogP contribution in [0.3, 0.4) is 0 Å². The van der Waals surface area contributed by atoms with Crippen molar-refractivity contribution >= 4 is 33.9 Å². The quantitative estimate of drug-likeness (QED) is 0.717. The van der Waals surface area contributed by atoms with Crippen molar-refractivity contribution in [3.63, 3.8) is 0 Å². The summed E-state index contributed by atoms with van der Waals surface area (Å²) in [5, 5.41) is 11.3. The van der Waals surface area contributed by atoms with Crippen LogP contribution < -0.4 is 15.4 Å². The summed E-state index contributed by atoms with van der Waals surface area (Å²) in [7, 11) is 0. The average Bonchev–Trinajstić information content (AvgIpc) is 2.67. The van der Waals surface area contributed by atoms with Gasteiger partial charge in [-0.3, -0.25) is 0 Å². The smallest absolute Gasteiger partial charge is 0.343 e. The maximum atomic E-state index is 12.3. The molecule has 2 aromatic carbocycles. The van der Waals surface area contributed by atoms with Crippen LogP contribution in [0.2, 0.25) is 5.02 Å². The summed E-state index contributed by atoms with van der Waals surface area (Å²) in [5.41, 5.74) is 2.27. The third-order valence-electron chi connectivity index (χ3n) is 4.80. The fourth-order valence-corrected chi connectivity index (χ4v) is 3.72. The maximum Gasteiger partial charge on any atom is 0.343 e. The molecule has 1 aliphatic heterocycles. The van der Waals surface area contributed by atoms with E-state index in [1.54, 1.807) is 6.07 Å². The Kier molecular flexibility index (Phi) is 4.57. The minimum absolute atomic E-state index is 0.319. The van der Waals surface area contributed by atoms with E-state index in [0.29, 0.717) is 11.1 Å². The Labute approximate surface area is 156 Å². The summed E-state index contributed by atoms with van der Waals surface area (Å²) in [6.07, 6.45) is 0. The van der Waals surface area contributed by atoms with Gasteiger partial charge >= 0.3 is 5.63 Å². The predicted octanol–water partition coefficient (Wildman–Crippen LogP) is 3.27. The number of rotatable bonds is 3. The van der Waals surface area contributed by atoms with Crippen molar-refractivity contribution in [1.82, 2.24) is 0 Å². The number of aliphatic hydroxyl groups is 1.